The Morgan fingerprint density at radius 1 is 1.07 bits per heavy atom. The van der Waals surface area contributed by atoms with E-state index in [0.29, 0.717) is 17.9 Å². The molecule has 0 aliphatic rings. The lowest BCUT2D eigenvalue weighted by molar-refractivity contribution is -0.141. The highest BCUT2D eigenvalue weighted by Crippen LogP contribution is 2.20. The predicted molar refractivity (Wildman–Crippen MR) is 101 cm³/mol. The Labute approximate surface area is 157 Å². The summed E-state index contributed by atoms with van der Waals surface area (Å²) in [5.74, 6) is -1.07. The summed E-state index contributed by atoms with van der Waals surface area (Å²) >= 11 is 0. The van der Waals surface area contributed by atoms with Crippen molar-refractivity contribution in [2.45, 2.75) is 13.3 Å². The van der Waals surface area contributed by atoms with Crippen molar-refractivity contribution < 1.29 is 23.9 Å². The summed E-state index contributed by atoms with van der Waals surface area (Å²) < 4.78 is 9.94. The molecule has 0 spiro atoms. The number of benzene rings is 2. The third-order valence-corrected chi connectivity index (χ3v) is 3.87. The molecule has 7 heteroatoms. The zero-order valence-corrected chi connectivity index (χ0v) is 15.3. The van der Waals surface area contributed by atoms with Crippen molar-refractivity contribution in [2.75, 3.05) is 25.2 Å². The Kier molecular flexibility index (Phi) is 7.28. The van der Waals surface area contributed by atoms with Crippen molar-refractivity contribution in [3.63, 3.8) is 0 Å². The molecule has 0 unspecified atom stereocenters. The summed E-state index contributed by atoms with van der Waals surface area (Å²) in [5, 5.41) is 0. The highest BCUT2D eigenvalue weighted by atomic mass is 16.5. The summed E-state index contributed by atoms with van der Waals surface area (Å²) in [5.41, 5.74) is 10.1. The van der Waals surface area contributed by atoms with Gasteiger partial charge in [0.15, 0.2) is 0 Å². The number of carbonyl (C=O) groups is 2. The number of hydrogen-bond acceptors (Lipinski definition) is 4. The van der Waals surface area contributed by atoms with E-state index in [0.717, 1.165) is 5.56 Å². The van der Waals surface area contributed by atoms with Gasteiger partial charge >= 0.3 is 17.6 Å². The van der Waals surface area contributed by atoms with Crippen LogP contribution in [-0.4, -0.2) is 42.6 Å². The second-order valence-electron chi connectivity index (χ2n) is 5.56. The Morgan fingerprint density at radius 3 is 2.30 bits per heavy atom. The summed E-state index contributed by atoms with van der Waals surface area (Å²) in [4.78, 5) is 29.1. The molecule has 1 amide bonds. The van der Waals surface area contributed by atoms with Crippen LogP contribution in [0.5, 0.6) is 5.75 Å². The summed E-state index contributed by atoms with van der Waals surface area (Å²) in [6.45, 7) is 1.96. The van der Waals surface area contributed by atoms with Crippen molar-refractivity contribution in [2.24, 2.45) is 0 Å². The number of carbonyl (C=O) groups excluding carboxylic acids is 2. The zero-order chi connectivity index (χ0) is 19.6. The predicted octanol–water partition coefficient (Wildman–Crippen LogP) is 2.50. The van der Waals surface area contributed by atoms with Crippen LogP contribution in [0.1, 0.15) is 12.5 Å². The van der Waals surface area contributed by atoms with Crippen molar-refractivity contribution in [1.29, 1.82) is 0 Å². The van der Waals surface area contributed by atoms with E-state index in [9.17, 15) is 15.1 Å². The van der Waals surface area contributed by atoms with Gasteiger partial charge in [-0.25, -0.2) is 4.79 Å². The molecule has 0 radical (unpaired) electrons. The summed E-state index contributed by atoms with van der Waals surface area (Å²) in [6.07, 6.45) is 0.556. The summed E-state index contributed by atoms with van der Waals surface area (Å²) in [7, 11) is 1.55. The van der Waals surface area contributed by atoms with Gasteiger partial charge in [0.2, 0.25) is 0 Å². The van der Waals surface area contributed by atoms with E-state index in [-0.39, 0.29) is 13.2 Å². The molecule has 7 nitrogen and oxygen atoms in total. The Balaban J connectivity index is 2.30. The molecule has 27 heavy (non-hydrogen) atoms. The molecule has 0 saturated heterocycles. The number of anilines is 1. The van der Waals surface area contributed by atoms with Crippen LogP contribution in [0.15, 0.2) is 54.6 Å². The second kappa shape index (κ2) is 9.89. The van der Waals surface area contributed by atoms with Crippen molar-refractivity contribution in [3.05, 3.63) is 65.7 Å². The SMILES string of the molecule is CCOC(=O)C(=[N+]=[N-])C(=O)N(CCc1ccccc1)c1ccc(OC)cc1. The lowest BCUT2D eigenvalue weighted by Gasteiger charge is -2.21. The lowest BCUT2D eigenvalue weighted by Crippen LogP contribution is -2.42. The van der Waals surface area contributed by atoms with Gasteiger partial charge in [-0.1, -0.05) is 30.3 Å². The van der Waals surface area contributed by atoms with E-state index in [2.05, 4.69) is 4.79 Å². The van der Waals surface area contributed by atoms with Crippen LogP contribution in [0, 0.1) is 0 Å². The molecule has 0 bridgehead atoms. The Hall–Kier alpha value is -3.44. The minimum atomic E-state index is -0.969. The molecule has 0 fully saturated rings. The highest BCUT2D eigenvalue weighted by molar-refractivity contribution is 6.64. The van der Waals surface area contributed by atoms with Gasteiger partial charge in [0, 0.05) is 12.2 Å². The maximum atomic E-state index is 12.9. The number of hydrogen-bond donors (Lipinski definition) is 0. The molecule has 0 aromatic heterocycles. The van der Waals surface area contributed by atoms with Gasteiger partial charge in [-0.15, -0.1) is 0 Å². The highest BCUT2D eigenvalue weighted by Gasteiger charge is 2.36. The Morgan fingerprint density at radius 2 is 1.74 bits per heavy atom. The number of amides is 1. The van der Waals surface area contributed by atoms with E-state index in [4.69, 9.17) is 9.47 Å². The third-order valence-electron chi connectivity index (χ3n) is 3.87. The monoisotopic (exact) mass is 367 g/mol. The van der Waals surface area contributed by atoms with E-state index >= 15 is 0 Å². The van der Waals surface area contributed by atoms with Crippen LogP contribution >= 0.6 is 0 Å². The van der Waals surface area contributed by atoms with Gasteiger partial charge in [0.25, 0.3) is 0 Å². The molecule has 0 atom stereocenters. The zero-order valence-electron chi connectivity index (χ0n) is 15.3. The molecule has 2 aromatic carbocycles. The minimum Gasteiger partial charge on any atom is -0.497 e. The quantitative estimate of drug-likeness (QED) is 0.236. The van der Waals surface area contributed by atoms with Crippen molar-refractivity contribution in [3.8, 4) is 5.75 Å². The van der Waals surface area contributed by atoms with Gasteiger partial charge in [-0.3, -0.25) is 4.79 Å². The molecule has 0 saturated carbocycles. The smallest absolute Gasteiger partial charge is 0.463 e. The standard InChI is InChI=1S/C20H21N3O4/c1-3-27-20(25)18(22-21)19(24)23(14-13-15-7-5-4-6-8-15)16-9-11-17(26-2)12-10-16/h4-12H,3,13-14H2,1-2H3. The number of rotatable bonds is 8. The van der Waals surface area contributed by atoms with Gasteiger partial charge in [-0.2, -0.15) is 4.79 Å². The molecule has 0 aliphatic heterocycles. The average molecular weight is 367 g/mol. The number of methoxy groups -OCH3 is 1. The first kappa shape index (κ1) is 19.9. The number of nitrogens with zero attached hydrogens (tertiary/aromatic N) is 3. The molecular formula is C20H21N3O4. The second-order valence-corrected chi connectivity index (χ2v) is 5.56. The molecule has 0 aliphatic carbocycles. The van der Waals surface area contributed by atoms with Crippen LogP contribution < -0.4 is 9.64 Å². The first-order valence-corrected chi connectivity index (χ1v) is 8.49. The molecule has 2 rings (SSSR count). The van der Waals surface area contributed by atoms with Crippen LogP contribution in [0.4, 0.5) is 5.69 Å². The Bertz CT molecular complexity index is 828. The van der Waals surface area contributed by atoms with E-state index in [1.165, 1.54) is 4.90 Å². The summed E-state index contributed by atoms with van der Waals surface area (Å²) in [6, 6.07) is 16.4. The minimum absolute atomic E-state index is 0.0671. The normalized spacial score (nSPS) is 9.85. The maximum Gasteiger partial charge on any atom is 0.463 e. The maximum absolute atomic E-state index is 12.9. The van der Waals surface area contributed by atoms with Crippen LogP contribution in [0.25, 0.3) is 5.53 Å². The van der Waals surface area contributed by atoms with Crippen LogP contribution in [0.2, 0.25) is 0 Å². The fraction of sp³-hybridized carbons (Fsp3) is 0.250. The fourth-order valence-corrected chi connectivity index (χ4v) is 2.49. The van der Waals surface area contributed by atoms with E-state index in [1.807, 2.05) is 30.3 Å². The fourth-order valence-electron chi connectivity index (χ4n) is 2.49. The molecule has 0 N–H and O–H groups in total. The van der Waals surface area contributed by atoms with Crippen molar-refractivity contribution in [1.82, 2.24) is 0 Å². The van der Waals surface area contributed by atoms with Gasteiger partial charge in [-0.05, 0) is 43.2 Å². The number of ether oxygens (including phenoxy) is 2. The van der Waals surface area contributed by atoms with Gasteiger partial charge in [0.05, 0.1) is 13.7 Å². The molecule has 0 heterocycles. The largest absolute Gasteiger partial charge is 0.497 e. The molecule has 2 aromatic rings. The van der Waals surface area contributed by atoms with Crippen LogP contribution in [-0.2, 0) is 20.7 Å². The first-order valence-electron chi connectivity index (χ1n) is 8.49. The van der Waals surface area contributed by atoms with Gasteiger partial charge in [0.1, 0.15) is 5.75 Å². The van der Waals surface area contributed by atoms with Gasteiger partial charge < -0.3 is 19.9 Å². The lowest BCUT2D eigenvalue weighted by atomic mass is 10.1. The third kappa shape index (κ3) is 5.26. The van der Waals surface area contributed by atoms with E-state index < -0.39 is 17.6 Å². The van der Waals surface area contributed by atoms with E-state index in [1.54, 1.807) is 38.3 Å². The average Bonchev–Trinajstić information content (AvgIpc) is 2.70. The first-order chi connectivity index (χ1) is 13.1. The topological polar surface area (TPSA) is 92.2 Å². The van der Waals surface area contributed by atoms with Crippen LogP contribution in [0.3, 0.4) is 0 Å². The molecule has 140 valence electrons. The number of esters is 1. The van der Waals surface area contributed by atoms with Crippen molar-refractivity contribution >= 4 is 23.3 Å². The molecular weight excluding hydrogens is 346 g/mol.